The van der Waals surface area contributed by atoms with Gasteiger partial charge in [-0.25, -0.2) is 0 Å². The molecule has 3 N–H and O–H groups in total. The van der Waals surface area contributed by atoms with E-state index in [4.69, 9.17) is 4.74 Å². The van der Waals surface area contributed by atoms with Gasteiger partial charge in [0, 0.05) is 16.7 Å². The SMILES string of the molecule is COc1c(C)c(O)c(C(C)=O)c(O)c1CC1C=C(CC=C(C)C)C(O)=C(C(C)=O)C1C. The molecule has 6 heteroatoms. The Morgan fingerprint density at radius 2 is 1.68 bits per heavy atom. The summed E-state index contributed by atoms with van der Waals surface area (Å²) in [6.07, 6.45) is 4.63. The molecular weight excluding hydrogens is 396 g/mol. The molecule has 0 radical (unpaired) electrons. The van der Waals surface area contributed by atoms with Crippen LogP contribution in [0.1, 0.15) is 62.5 Å². The van der Waals surface area contributed by atoms with Crippen molar-refractivity contribution in [3.05, 3.63) is 51.3 Å². The highest BCUT2D eigenvalue weighted by molar-refractivity contribution is 6.01. The zero-order chi connectivity index (χ0) is 23.6. The van der Waals surface area contributed by atoms with E-state index in [-0.39, 0.29) is 46.9 Å². The molecule has 6 nitrogen and oxygen atoms in total. The third-order valence-corrected chi connectivity index (χ3v) is 5.91. The molecule has 0 amide bonds. The number of rotatable bonds is 7. The molecule has 1 aromatic rings. The number of carbonyl (C=O) groups excluding carboxylic acids is 2. The summed E-state index contributed by atoms with van der Waals surface area (Å²) in [5, 5.41) is 32.0. The van der Waals surface area contributed by atoms with Gasteiger partial charge in [0.25, 0.3) is 0 Å². The molecular formula is C25H32O6. The maximum Gasteiger partial charge on any atom is 0.167 e. The smallest absolute Gasteiger partial charge is 0.167 e. The second-order valence-corrected chi connectivity index (χ2v) is 8.42. The van der Waals surface area contributed by atoms with E-state index in [0.717, 1.165) is 5.57 Å². The van der Waals surface area contributed by atoms with Gasteiger partial charge in [-0.05, 0) is 64.9 Å². The van der Waals surface area contributed by atoms with Crippen LogP contribution >= 0.6 is 0 Å². The minimum atomic E-state index is -0.458. The standard InChI is InChI=1S/C25H32O6/c1-12(2)8-9-17-10-18(13(3)20(15(5)26)23(17)29)11-19-24(30)21(16(6)27)22(28)14(4)25(19)31-7/h8,10,13,18,28-30H,9,11H2,1-7H3. The van der Waals surface area contributed by atoms with E-state index in [0.29, 0.717) is 34.4 Å². The highest BCUT2D eigenvalue weighted by Gasteiger charge is 2.34. The molecule has 31 heavy (non-hydrogen) atoms. The summed E-state index contributed by atoms with van der Waals surface area (Å²) in [7, 11) is 1.44. The first kappa shape index (κ1) is 24.3. The Morgan fingerprint density at radius 3 is 2.16 bits per heavy atom. The number of aromatic hydroxyl groups is 2. The van der Waals surface area contributed by atoms with Gasteiger partial charge < -0.3 is 20.1 Å². The van der Waals surface area contributed by atoms with Crippen molar-refractivity contribution in [1.82, 2.24) is 0 Å². The molecule has 0 saturated heterocycles. The fourth-order valence-corrected chi connectivity index (χ4v) is 4.21. The molecule has 2 rings (SSSR count). The number of hydrogen-bond donors (Lipinski definition) is 3. The highest BCUT2D eigenvalue weighted by Crippen LogP contribution is 2.45. The lowest BCUT2D eigenvalue weighted by atomic mass is 9.75. The number of benzene rings is 1. The molecule has 0 heterocycles. The Labute approximate surface area is 183 Å². The third-order valence-electron chi connectivity index (χ3n) is 5.91. The van der Waals surface area contributed by atoms with E-state index < -0.39 is 5.78 Å². The fraction of sp³-hybridized carbons (Fsp3) is 0.440. The summed E-state index contributed by atoms with van der Waals surface area (Å²) in [6, 6.07) is 0. The Bertz CT molecular complexity index is 1010. The molecule has 2 unspecified atom stereocenters. The predicted octanol–water partition coefficient (Wildman–Crippen LogP) is 5.11. The first-order valence-electron chi connectivity index (χ1n) is 10.3. The zero-order valence-electron chi connectivity index (χ0n) is 19.3. The third kappa shape index (κ3) is 4.68. The summed E-state index contributed by atoms with van der Waals surface area (Å²) in [5.74, 6) is -1.52. The van der Waals surface area contributed by atoms with Gasteiger partial charge in [-0.15, -0.1) is 0 Å². The number of hydrogen-bond acceptors (Lipinski definition) is 6. The molecule has 1 aromatic carbocycles. The topological polar surface area (TPSA) is 104 Å². The largest absolute Gasteiger partial charge is 0.507 e. The summed E-state index contributed by atoms with van der Waals surface area (Å²) in [5.41, 5.74) is 2.70. The number of phenolic OH excluding ortho intramolecular Hbond substituents is 2. The first-order valence-corrected chi connectivity index (χ1v) is 10.3. The first-order chi connectivity index (χ1) is 14.4. The van der Waals surface area contributed by atoms with Crippen LogP contribution in [0.3, 0.4) is 0 Å². The number of ketones is 2. The van der Waals surface area contributed by atoms with Crippen molar-refractivity contribution in [2.45, 2.75) is 54.4 Å². The van der Waals surface area contributed by atoms with Crippen LogP contribution in [0.5, 0.6) is 17.2 Å². The molecule has 0 aliphatic heterocycles. The van der Waals surface area contributed by atoms with Gasteiger partial charge in [0.1, 0.15) is 28.6 Å². The van der Waals surface area contributed by atoms with Crippen LogP contribution in [-0.2, 0) is 11.2 Å². The molecule has 0 saturated carbocycles. The Hall–Kier alpha value is -3.02. The minimum absolute atomic E-state index is 0.0104. The molecule has 0 spiro atoms. The van der Waals surface area contributed by atoms with Crippen LogP contribution in [0, 0.1) is 18.8 Å². The average Bonchev–Trinajstić information content (AvgIpc) is 2.66. The molecule has 1 aliphatic carbocycles. The fourth-order valence-electron chi connectivity index (χ4n) is 4.21. The zero-order valence-corrected chi connectivity index (χ0v) is 19.3. The van der Waals surface area contributed by atoms with Gasteiger partial charge in [0.2, 0.25) is 0 Å². The Balaban J connectivity index is 2.65. The number of Topliss-reactive ketones (excluding diaryl/α,β-unsaturated/α-hetero) is 2. The highest BCUT2D eigenvalue weighted by atomic mass is 16.5. The predicted molar refractivity (Wildman–Crippen MR) is 120 cm³/mol. The molecule has 0 aromatic heterocycles. The lowest BCUT2D eigenvalue weighted by Gasteiger charge is -2.30. The quantitative estimate of drug-likeness (QED) is 0.412. The van der Waals surface area contributed by atoms with Gasteiger partial charge in [-0.2, -0.15) is 0 Å². The van der Waals surface area contributed by atoms with Crippen LogP contribution < -0.4 is 4.74 Å². The van der Waals surface area contributed by atoms with Crippen LogP contribution in [0.25, 0.3) is 0 Å². The van der Waals surface area contributed by atoms with Crippen molar-refractivity contribution >= 4 is 11.6 Å². The van der Waals surface area contributed by atoms with Crippen molar-refractivity contribution < 1.29 is 29.6 Å². The molecule has 0 bridgehead atoms. The lowest BCUT2D eigenvalue weighted by molar-refractivity contribution is -0.114. The van der Waals surface area contributed by atoms with Crippen molar-refractivity contribution in [2.24, 2.45) is 11.8 Å². The monoisotopic (exact) mass is 428 g/mol. The van der Waals surface area contributed by atoms with E-state index in [1.165, 1.54) is 21.0 Å². The number of phenols is 2. The van der Waals surface area contributed by atoms with Crippen LogP contribution in [0.2, 0.25) is 0 Å². The van der Waals surface area contributed by atoms with E-state index >= 15 is 0 Å². The van der Waals surface area contributed by atoms with E-state index in [9.17, 15) is 24.9 Å². The molecule has 1 aliphatic rings. The maximum absolute atomic E-state index is 12.3. The minimum Gasteiger partial charge on any atom is -0.507 e. The number of aliphatic hydroxyl groups excluding tert-OH is 1. The average molecular weight is 429 g/mol. The second-order valence-electron chi connectivity index (χ2n) is 8.42. The van der Waals surface area contributed by atoms with Crippen molar-refractivity contribution in [1.29, 1.82) is 0 Å². The van der Waals surface area contributed by atoms with Crippen molar-refractivity contribution in [2.75, 3.05) is 7.11 Å². The van der Waals surface area contributed by atoms with E-state index in [2.05, 4.69) is 0 Å². The summed E-state index contributed by atoms with van der Waals surface area (Å²) in [6.45, 7) is 10.1. The van der Waals surface area contributed by atoms with Crippen LogP contribution in [0.15, 0.2) is 34.6 Å². The lowest BCUT2D eigenvalue weighted by Crippen LogP contribution is -2.25. The molecule has 0 fully saturated rings. The Morgan fingerprint density at radius 1 is 1.06 bits per heavy atom. The summed E-state index contributed by atoms with van der Waals surface area (Å²) >= 11 is 0. The van der Waals surface area contributed by atoms with Gasteiger partial charge in [-0.1, -0.05) is 24.6 Å². The normalized spacial score (nSPS) is 18.5. The van der Waals surface area contributed by atoms with Gasteiger partial charge in [0.05, 0.1) is 7.11 Å². The van der Waals surface area contributed by atoms with Crippen molar-refractivity contribution in [3.8, 4) is 17.2 Å². The summed E-state index contributed by atoms with van der Waals surface area (Å²) < 4.78 is 5.46. The maximum atomic E-state index is 12.3. The number of aliphatic hydroxyl groups is 1. The molecule has 168 valence electrons. The molecule has 2 atom stereocenters. The van der Waals surface area contributed by atoms with E-state index in [1.54, 1.807) is 6.92 Å². The van der Waals surface area contributed by atoms with Crippen LogP contribution in [-0.4, -0.2) is 34.0 Å². The second kappa shape index (κ2) is 9.41. The van der Waals surface area contributed by atoms with E-state index in [1.807, 2.05) is 32.9 Å². The number of methoxy groups -OCH3 is 1. The Kier molecular flexibility index (Phi) is 7.37. The van der Waals surface area contributed by atoms with Crippen LogP contribution in [0.4, 0.5) is 0 Å². The number of allylic oxidation sites excluding steroid dienone is 5. The van der Waals surface area contributed by atoms with Gasteiger partial charge in [0.15, 0.2) is 11.6 Å². The van der Waals surface area contributed by atoms with Crippen molar-refractivity contribution in [3.63, 3.8) is 0 Å². The van der Waals surface area contributed by atoms with Gasteiger partial charge in [-0.3, -0.25) is 9.59 Å². The van der Waals surface area contributed by atoms with Gasteiger partial charge >= 0.3 is 0 Å². The number of ether oxygens (including phenoxy) is 1. The number of carbonyl (C=O) groups is 2. The summed E-state index contributed by atoms with van der Waals surface area (Å²) in [4.78, 5) is 24.4.